The van der Waals surface area contributed by atoms with Gasteiger partial charge in [-0.1, -0.05) is 6.07 Å². The van der Waals surface area contributed by atoms with Crippen molar-refractivity contribution in [2.24, 2.45) is 0 Å². The highest BCUT2D eigenvalue weighted by molar-refractivity contribution is 6.05. The highest BCUT2D eigenvalue weighted by Crippen LogP contribution is 2.31. The summed E-state index contributed by atoms with van der Waals surface area (Å²) in [6.45, 7) is 1.56. The van der Waals surface area contributed by atoms with E-state index in [0.717, 1.165) is 38.1 Å². The molecule has 0 unspecified atom stereocenters. The van der Waals surface area contributed by atoms with Gasteiger partial charge in [-0.2, -0.15) is 5.10 Å². The van der Waals surface area contributed by atoms with Crippen LogP contribution in [0.4, 0.5) is 23.2 Å². The number of rotatable bonds is 5. The van der Waals surface area contributed by atoms with Gasteiger partial charge in [0, 0.05) is 11.6 Å². The Labute approximate surface area is 193 Å². The van der Waals surface area contributed by atoms with Crippen LogP contribution in [-0.4, -0.2) is 35.1 Å². The van der Waals surface area contributed by atoms with Gasteiger partial charge >= 0.3 is 6.36 Å². The molecule has 1 fully saturated rings. The van der Waals surface area contributed by atoms with Gasteiger partial charge in [0.2, 0.25) is 0 Å². The number of hydrogen-bond acceptors (Lipinski definition) is 4. The number of anilines is 1. The van der Waals surface area contributed by atoms with Crippen LogP contribution < -0.4 is 15.4 Å². The van der Waals surface area contributed by atoms with E-state index in [4.69, 9.17) is 0 Å². The number of halogens is 5. The number of nitrogens with one attached hydrogen (secondary N) is 2. The fourth-order valence-corrected chi connectivity index (χ4v) is 3.77. The quantitative estimate of drug-likeness (QED) is 0.497. The Bertz CT molecular complexity index is 1100. The van der Waals surface area contributed by atoms with Crippen LogP contribution in [0.1, 0.15) is 34.8 Å². The minimum Gasteiger partial charge on any atom is -0.406 e. The fraction of sp³-hybridized carbons (Fsp3) is 0.273. The minimum atomic E-state index is -4.79. The van der Waals surface area contributed by atoms with Crippen LogP contribution in [-0.2, 0) is 0 Å². The van der Waals surface area contributed by atoms with Crippen molar-refractivity contribution in [3.63, 3.8) is 0 Å². The predicted molar refractivity (Wildman–Crippen MR) is 117 cm³/mol. The van der Waals surface area contributed by atoms with Crippen molar-refractivity contribution in [1.29, 1.82) is 0 Å². The molecule has 3 aromatic rings. The van der Waals surface area contributed by atoms with Gasteiger partial charge in [-0.15, -0.1) is 25.6 Å². The SMILES string of the molecule is Cl.O=C(Nc1ccc(OC(F)(F)F)cc1)c1cnn(-c2cccc(F)c2)c1C1CCNCC1. The van der Waals surface area contributed by atoms with Crippen LogP contribution in [0.15, 0.2) is 54.7 Å². The zero-order chi connectivity index (χ0) is 22.7. The number of benzene rings is 2. The monoisotopic (exact) mass is 484 g/mol. The van der Waals surface area contributed by atoms with Crippen molar-refractivity contribution in [3.8, 4) is 11.4 Å². The van der Waals surface area contributed by atoms with Crippen LogP contribution in [0.5, 0.6) is 5.75 Å². The molecule has 1 amide bonds. The molecule has 6 nitrogen and oxygen atoms in total. The number of nitrogens with zero attached hydrogens (tertiary/aromatic N) is 2. The molecule has 1 aliphatic rings. The van der Waals surface area contributed by atoms with E-state index in [1.54, 1.807) is 16.8 Å². The summed E-state index contributed by atoms with van der Waals surface area (Å²) < 4.78 is 56.2. The first-order chi connectivity index (χ1) is 15.3. The van der Waals surface area contributed by atoms with E-state index < -0.39 is 18.1 Å². The van der Waals surface area contributed by atoms with Crippen molar-refractivity contribution in [1.82, 2.24) is 15.1 Å². The molecular formula is C22H21ClF4N4O2. The third kappa shape index (κ3) is 6.02. The summed E-state index contributed by atoms with van der Waals surface area (Å²) in [6.07, 6.45) is -1.80. The highest BCUT2D eigenvalue weighted by atomic mass is 35.5. The Morgan fingerprint density at radius 1 is 1.12 bits per heavy atom. The smallest absolute Gasteiger partial charge is 0.406 e. The van der Waals surface area contributed by atoms with Gasteiger partial charge in [-0.25, -0.2) is 9.07 Å². The molecule has 0 spiro atoms. The normalized spacial score (nSPS) is 14.4. The summed E-state index contributed by atoms with van der Waals surface area (Å²) in [6, 6.07) is 10.8. The van der Waals surface area contributed by atoms with Gasteiger partial charge in [0.25, 0.3) is 5.91 Å². The molecule has 0 radical (unpaired) electrons. The molecular weight excluding hydrogens is 464 g/mol. The molecule has 0 bridgehead atoms. The van der Waals surface area contributed by atoms with E-state index in [2.05, 4.69) is 20.5 Å². The van der Waals surface area contributed by atoms with E-state index in [1.807, 2.05) is 0 Å². The van der Waals surface area contributed by atoms with Crippen LogP contribution in [0.3, 0.4) is 0 Å². The van der Waals surface area contributed by atoms with Crippen molar-refractivity contribution in [3.05, 3.63) is 71.8 Å². The van der Waals surface area contributed by atoms with E-state index in [0.29, 0.717) is 22.6 Å². The van der Waals surface area contributed by atoms with Crippen LogP contribution in [0, 0.1) is 5.82 Å². The molecule has 0 aliphatic carbocycles. The zero-order valence-electron chi connectivity index (χ0n) is 17.2. The van der Waals surface area contributed by atoms with Gasteiger partial charge < -0.3 is 15.4 Å². The summed E-state index contributed by atoms with van der Waals surface area (Å²) in [5.41, 5.74) is 1.81. The van der Waals surface area contributed by atoms with Gasteiger partial charge in [0.15, 0.2) is 0 Å². The van der Waals surface area contributed by atoms with Crippen molar-refractivity contribution < 1.29 is 27.1 Å². The van der Waals surface area contributed by atoms with Crippen LogP contribution in [0.25, 0.3) is 5.69 Å². The number of amides is 1. The second-order valence-electron chi connectivity index (χ2n) is 7.39. The molecule has 0 saturated carbocycles. The van der Waals surface area contributed by atoms with Gasteiger partial charge in [0.1, 0.15) is 11.6 Å². The molecule has 1 aliphatic heterocycles. The number of piperidine rings is 1. The second kappa shape index (κ2) is 10.2. The lowest BCUT2D eigenvalue weighted by Gasteiger charge is -2.24. The summed E-state index contributed by atoms with van der Waals surface area (Å²) in [4.78, 5) is 13.0. The number of ether oxygens (including phenoxy) is 1. The zero-order valence-corrected chi connectivity index (χ0v) is 18.0. The number of carbonyl (C=O) groups is 1. The molecule has 2 aromatic carbocycles. The molecule has 176 valence electrons. The Kier molecular flexibility index (Phi) is 7.60. The lowest BCUT2D eigenvalue weighted by atomic mass is 9.91. The van der Waals surface area contributed by atoms with E-state index in [9.17, 15) is 22.4 Å². The maximum Gasteiger partial charge on any atom is 0.573 e. The highest BCUT2D eigenvalue weighted by Gasteiger charge is 2.31. The average Bonchev–Trinajstić information content (AvgIpc) is 3.20. The standard InChI is InChI=1S/C22H20F4N4O2.ClH/c23-15-2-1-3-17(12-15)30-20(14-8-10-27-11-9-14)19(13-28-30)21(31)29-16-4-6-18(7-5-16)32-22(24,25)26;/h1-7,12-14,27H,8-11H2,(H,29,31);1H. The lowest BCUT2D eigenvalue weighted by molar-refractivity contribution is -0.274. The third-order valence-corrected chi connectivity index (χ3v) is 5.18. The molecule has 2 heterocycles. The average molecular weight is 485 g/mol. The maximum absolute atomic E-state index is 13.8. The first kappa shape index (κ1) is 24.5. The van der Waals surface area contributed by atoms with Crippen molar-refractivity contribution >= 4 is 24.0 Å². The van der Waals surface area contributed by atoms with Crippen LogP contribution >= 0.6 is 12.4 Å². The van der Waals surface area contributed by atoms with Crippen LogP contribution in [0.2, 0.25) is 0 Å². The molecule has 1 saturated heterocycles. The Morgan fingerprint density at radius 2 is 1.82 bits per heavy atom. The van der Waals surface area contributed by atoms with Gasteiger partial charge in [-0.05, 0) is 68.4 Å². The first-order valence-electron chi connectivity index (χ1n) is 10.0. The number of hydrogen-bond donors (Lipinski definition) is 2. The van der Waals surface area contributed by atoms with E-state index in [-0.39, 0.29) is 24.1 Å². The van der Waals surface area contributed by atoms with Crippen molar-refractivity contribution in [2.75, 3.05) is 18.4 Å². The van der Waals surface area contributed by atoms with Crippen molar-refractivity contribution in [2.45, 2.75) is 25.1 Å². The lowest BCUT2D eigenvalue weighted by Crippen LogP contribution is -2.29. The molecule has 11 heteroatoms. The van der Waals surface area contributed by atoms with E-state index >= 15 is 0 Å². The first-order valence-corrected chi connectivity index (χ1v) is 10.0. The number of aromatic nitrogens is 2. The largest absolute Gasteiger partial charge is 0.573 e. The second-order valence-corrected chi connectivity index (χ2v) is 7.39. The molecule has 33 heavy (non-hydrogen) atoms. The van der Waals surface area contributed by atoms with Gasteiger partial charge in [-0.3, -0.25) is 4.79 Å². The molecule has 2 N–H and O–H groups in total. The Hall–Kier alpha value is -3.11. The van der Waals surface area contributed by atoms with E-state index in [1.165, 1.54) is 30.5 Å². The van der Waals surface area contributed by atoms with Gasteiger partial charge in [0.05, 0.1) is 23.1 Å². The Morgan fingerprint density at radius 3 is 2.45 bits per heavy atom. The topological polar surface area (TPSA) is 68.2 Å². The number of alkyl halides is 3. The molecule has 4 rings (SSSR count). The molecule has 1 aromatic heterocycles. The molecule has 0 atom stereocenters. The Balaban J connectivity index is 0.00000306. The summed E-state index contributed by atoms with van der Waals surface area (Å²) in [5, 5.41) is 10.3. The number of carbonyl (C=O) groups excluding carboxylic acids is 1. The predicted octanol–water partition coefficient (Wildman–Crippen LogP) is 5.05. The maximum atomic E-state index is 13.8. The summed E-state index contributed by atoms with van der Waals surface area (Å²) in [5.74, 6) is -1.22. The summed E-state index contributed by atoms with van der Waals surface area (Å²) in [7, 11) is 0. The third-order valence-electron chi connectivity index (χ3n) is 5.18. The fourth-order valence-electron chi connectivity index (χ4n) is 3.77. The minimum absolute atomic E-state index is 0. The summed E-state index contributed by atoms with van der Waals surface area (Å²) >= 11 is 0.